The number of nitrogens with one attached hydrogen (secondary N) is 1. The molecule has 3 N–H and O–H groups in total. The zero-order chi connectivity index (χ0) is 10.5. The van der Waals surface area contributed by atoms with Gasteiger partial charge >= 0.3 is 6.03 Å². The second kappa shape index (κ2) is 5.07. The van der Waals surface area contributed by atoms with Gasteiger partial charge in [-0.1, -0.05) is 13.8 Å². The number of amides is 2. The first-order chi connectivity index (χ1) is 5.93. The number of rotatable bonds is 4. The Balaban J connectivity index is 3.83. The maximum absolute atomic E-state index is 11.3. The van der Waals surface area contributed by atoms with Crippen molar-refractivity contribution in [3.63, 3.8) is 0 Å². The lowest BCUT2D eigenvalue weighted by molar-refractivity contribution is 0.205. The molecule has 4 heteroatoms. The van der Waals surface area contributed by atoms with E-state index in [-0.39, 0.29) is 11.4 Å². The molecule has 0 aliphatic heterocycles. The van der Waals surface area contributed by atoms with Crippen LogP contribution in [0.3, 0.4) is 0 Å². The molecule has 0 aromatic carbocycles. The second-order valence-electron chi connectivity index (χ2n) is 4.04. The van der Waals surface area contributed by atoms with Crippen molar-refractivity contribution in [2.75, 3.05) is 26.7 Å². The molecule has 0 bridgehead atoms. The quantitative estimate of drug-likeness (QED) is 0.678. The number of carbonyl (C=O) groups is 1. The first-order valence-corrected chi connectivity index (χ1v) is 4.62. The van der Waals surface area contributed by atoms with Gasteiger partial charge in [0.1, 0.15) is 0 Å². The highest BCUT2D eigenvalue weighted by atomic mass is 16.2. The van der Waals surface area contributed by atoms with E-state index in [1.54, 1.807) is 11.9 Å². The summed E-state index contributed by atoms with van der Waals surface area (Å²) in [7, 11) is 1.77. The van der Waals surface area contributed by atoms with Crippen LogP contribution in [0, 0.1) is 5.41 Å². The van der Waals surface area contributed by atoms with E-state index in [2.05, 4.69) is 5.32 Å². The van der Waals surface area contributed by atoms with E-state index in [0.717, 1.165) is 6.54 Å². The van der Waals surface area contributed by atoms with E-state index >= 15 is 0 Å². The van der Waals surface area contributed by atoms with E-state index in [9.17, 15) is 4.79 Å². The molecule has 13 heavy (non-hydrogen) atoms. The lowest BCUT2D eigenvalue weighted by Gasteiger charge is -2.24. The maximum atomic E-state index is 11.3. The number of hydrogen-bond donors (Lipinski definition) is 2. The van der Waals surface area contributed by atoms with Crippen molar-refractivity contribution in [1.82, 2.24) is 10.2 Å². The number of nitrogens with zero attached hydrogens (tertiary/aromatic N) is 1. The van der Waals surface area contributed by atoms with Crippen LogP contribution < -0.4 is 11.1 Å². The maximum Gasteiger partial charge on any atom is 0.317 e. The first-order valence-electron chi connectivity index (χ1n) is 4.62. The summed E-state index contributed by atoms with van der Waals surface area (Å²) in [4.78, 5) is 12.9. The predicted molar refractivity (Wildman–Crippen MR) is 54.5 cm³/mol. The Morgan fingerprint density at radius 3 is 2.46 bits per heavy atom. The minimum atomic E-state index is -0.0379. The van der Waals surface area contributed by atoms with Crippen LogP contribution in [0.4, 0.5) is 4.79 Å². The lowest BCUT2D eigenvalue weighted by Crippen LogP contribution is -2.43. The van der Waals surface area contributed by atoms with Crippen LogP contribution in [0.25, 0.3) is 0 Å². The Kier molecular flexibility index (Phi) is 4.77. The van der Waals surface area contributed by atoms with Gasteiger partial charge in [0.2, 0.25) is 0 Å². The standard InChI is InChI=1S/C9H21N3O/c1-5-12(4)8(13)11-7-9(2,3)6-10/h5-7,10H2,1-4H3,(H,11,13). The van der Waals surface area contributed by atoms with Crippen LogP contribution in [0.15, 0.2) is 0 Å². The topological polar surface area (TPSA) is 58.4 Å². The van der Waals surface area contributed by atoms with E-state index in [0.29, 0.717) is 13.1 Å². The molecule has 0 atom stereocenters. The van der Waals surface area contributed by atoms with Crippen molar-refractivity contribution >= 4 is 6.03 Å². The highest BCUT2D eigenvalue weighted by Crippen LogP contribution is 2.09. The average molecular weight is 187 g/mol. The van der Waals surface area contributed by atoms with Crippen molar-refractivity contribution in [3.8, 4) is 0 Å². The van der Waals surface area contributed by atoms with E-state index in [4.69, 9.17) is 5.73 Å². The third-order valence-corrected chi connectivity index (χ3v) is 2.09. The van der Waals surface area contributed by atoms with Gasteiger partial charge in [-0.25, -0.2) is 4.79 Å². The van der Waals surface area contributed by atoms with Crippen molar-refractivity contribution in [1.29, 1.82) is 0 Å². The summed E-state index contributed by atoms with van der Waals surface area (Å²) in [5.74, 6) is 0. The molecule has 0 fully saturated rings. The molecule has 0 saturated carbocycles. The Hall–Kier alpha value is -0.770. The fraction of sp³-hybridized carbons (Fsp3) is 0.889. The zero-order valence-electron chi connectivity index (χ0n) is 9.05. The van der Waals surface area contributed by atoms with Crippen LogP contribution in [0.2, 0.25) is 0 Å². The molecular weight excluding hydrogens is 166 g/mol. The average Bonchev–Trinajstić information content (AvgIpc) is 2.13. The molecule has 0 aliphatic carbocycles. The number of carbonyl (C=O) groups excluding carboxylic acids is 1. The van der Waals surface area contributed by atoms with Crippen LogP contribution in [0.1, 0.15) is 20.8 Å². The summed E-state index contributed by atoms with van der Waals surface area (Å²) in [6, 6.07) is -0.0379. The van der Waals surface area contributed by atoms with Gasteiger partial charge in [0.25, 0.3) is 0 Å². The minimum Gasteiger partial charge on any atom is -0.337 e. The fourth-order valence-electron chi connectivity index (χ4n) is 0.666. The largest absolute Gasteiger partial charge is 0.337 e. The highest BCUT2D eigenvalue weighted by Gasteiger charge is 2.17. The molecule has 0 aromatic rings. The molecule has 0 radical (unpaired) electrons. The summed E-state index contributed by atoms with van der Waals surface area (Å²) < 4.78 is 0. The van der Waals surface area contributed by atoms with Crippen molar-refractivity contribution in [3.05, 3.63) is 0 Å². The SMILES string of the molecule is CCN(C)C(=O)NCC(C)(C)CN. The monoisotopic (exact) mass is 187 g/mol. The molecule has 0 spiro atoms. The van der Waals surface area contributed by atoms with Gasteiger partial charge in [0.15, 0.2) is 0 Å². The van der Waals surface area contributed by atoms with Gasteiger partial charge in [-0.05, 0) is 18.9 Å². The van der Waals surface area contributed by atoms with E-state index in [1.165, 1.54) is 0 Å². The van der Waals surface area contributed by atoms with Crippen LogP contribution >= 0.6 is 0 Å². The van der Waals surface area contributed by atoms with E-state index < -0.39 is 0 Å². The summed E-state index contributed by atoms with van der Waals surface area (Å²) in [6.45, 7) is 7.90. The van der Waals surface area contributed by atoms with Crippen LogP contribution in [-0.4, -0.2) is 37.6 Å². The summed E-state index contributed by atoms with van der Waals surface area (Å²) in [6.07, 6.45) is 0. The molecule has 2 amide bonds. The lowest BCUT2D eigenvalue weighted by atomic mass is 9.94. The summed E-state index contributed by atoms with van der Waals surface area (Å²) in [5.41, 5.74) is 5.51. The predicted octanol–water partition coefficient (Wildman–Crippen LogP) is 0.633. The Bertz CT molecular complexity index is 168. The highest BCUT2D eigenvalue weighted by molar-refractivity contribution is 5.73. The molecule has 0 heterocycles. The molecule has 4 nitrogen and oxygen atoms in total. The normalized spacial score (nSPS) is 11.2. The third-order valence-electron chi connectivity index (χ3n) is 2.09. The molecular formula is C9H21N3O. The van der Waals surface area contributed by atoms with Gasteiger partial charge < -0.3 is 16.0 Å². The van der Waals surface area contributed by atoms with E-state index in [1.807, 2.05) is 20.8 Å². The smallest absolute Gasteiger partial charge is 0.317 e. The number of nitrogens with two attached hydrogens (primary N) is 1. The fourth-order valence-corrected chi connectivity index (χ4v) is 0.666. The molecule has 0 aromatic heterocycles. The van der Waals surface area contributed by atoms with Gasteiger partial charge in [0.05, 0.1) is 0 Å². The summed E-state index contributed by atoms with van der Waals surface area (Å²) >= 11 is 0. The Labute approximate surface area is 80.5 Å². The molecule has 0 aliphatic rings. The first kappa shape index (κ1) is 12.2. The van der Waals surface area contributed by atoms with Gasteiger partial charge in [-0.15, -0.1) is 0 Å². The van der Waals surface area contributed by atoms with Gasteiger partial charge in [-0.3, -0.25) is 0 Å². The van der Waals surface area contributed by atoms with Gasteiger partial charge in [0, 0.05) is 20.1 Å². The molecule has 0 unspecified atom stereocenters. The second-order valence-corrected chi connectivity index (χ2v) is 4.04. The molecule has 78 valence electrons. The molecule has 0 rings (SSSR count). The third kappa shape index (κ3) is 4.72. The molecule has 0 saturated heterocycles. The van der Waals surface area contributed by atoms with Crippen molar-refractivity contribution < 1.29 is 4.79 Å². The number of hydrogen-bond acceptors (Lipinski definition) is 2. The Morgan fingerprint density at radius 2 is 2.08 bits per heavy atom. The summed E-state index contributed by atoms with van der Waals surface area (Å²) in [5, 5.41) is 2.83. The van der Waals surface area contributed by atoms with Crippen molar-refractivity contribution in [2.45, 2.75) is 20.8 Å². The van der Waals surface area contributed by atoms with Crippen molar-refractivity contribution in [2.24, 2.45) is 11.1 Å². The van der Waals surface area contributed by atoms with Crippen LogP contribution in [0.5, 0.6) is 0 Å². The van der Waals surface area contributed by atoms with Gasteiger partial charge in [-0.2, -0.15) is 0 Å². The Morgan fingerprint density at radius 1 is 1.54 bits per heavy atom. The zero-order valence-corrected chi connectivity index (χ0v) is 9.05. The number of urea groups is 1. The minimum absolute atomic E-state index is 0.0236. The van der Waals surface area contributed by atoms with Crippen LogP contribution in [-0.2, 0) is 0 Å².